The molecule has 0 aromatic rings. The quantitative estimate of drug-likeness (QED) is 0.770. The standard InChI is InChI=1S/C14H27N3O3S/c1-2-9-17(13-4-7-15-8-5-13)14(18)6-11-16-10-3-12-21(16,19)20/h13,15H,2-12H2,1H3. The van der Waals surface area contributed by atoms with E-state index < -0.39 is 10.0 Å². The Kier molecular flexibility index (Phi) is 6.01. The second kappa shape index (κ2) is 7.56. The average molecular weight is 317 g/mol. The molecule has 0 aromatic carbocycles. The number of rotatable bonds is 6. The summed E-state index contributed by atoms with van der Waals surface area (Å²) in [4.78, 5) is 14.5. The summed E-state index contributed by atoms with van der Waals surface area (Å²) >= 11 is 0. The van der Waals surface area contributed by atoms with E-state index in [-0.39, 0.29) is 11.7 Å². The van der Waals surface area contributed by atoms with E-state index in [1.807, 2.05) is 4.90 Å². The van der Waals surface area contributed by atoms with Crippen LogP contribution in [0.15, 0.2) is 0 Å². The number of sulfonamides is 1. The molecule has 0 saturated carbocycles. The van der Waals surface area contributed by atoms with Crippen molar-refractivity contribution in [2.24, 2.45) is 0 Å². The zero-order valence-corrected chi connectivity index (χ0v) is 13.7. The summed E-state index contributed by atoms with van der Waals surface area (Å²) in [7, 11) is -3.09. The van der Waals surface area contributed by atoms with Crippen LogP contribution in [0.4, 0.5) is 0 Å². The van der Waals surface area contributed by atoms with Crippen molar-refractivity contribution in [1.82, 2.24) is 14.5 Å². The van der Waals surface area contributed by atoms with E-state index in [0.717, 1.165) is 38.9 Å². The second-order valence-electron chi connectivity index (χ2n) is 5.89. The van der Waals surface area contributed by atoms with Crippen LogP contribution in [0, 0.1) is 0 Å². The van der Waals surface area contributed by atoms with E-state index in [1.165, 1.54) is 4.31 Å². The van der Waals surface area contributed by atoms with Crippen molar-refractivity contribution in [2.75, 3.05) is 38.5 Å². The third-order valence-corrected chi connectivity index (χ3v) is 6.27. The van der Waals surface area contributed by atoms with Crippen molar-refractivity contribution < 1.29 is 13.2 Å². The lowest BCUT2D eigenvalue weighted by Gasteiger charge is -2.35. The molecule has 1 N–H and O–H groups in total. The van der Waals surface area contributed by atoms with Crippen molar-refractivity contribution in [1.29, 1.82) is 0 Å². The van der Waals surface area contributed by atoms with Crippen LogP contribution in [-0.4, -0.2) is 68.0 Å². The molecule has 0 spiro atoms. The molecule has 2 rings (SSSR count). The number of nitrogens with one attached hydrogen (secondary N) is 1. The molecule has 7 heteroatoms. The van der Waals surface area contributed by atoms with Crippen LogP contribution in [0.1, 0.15) is 39.0 Å². The third-order valence-electron chi connectivity index (χ3n) is 4.31. The van der Waals surface area contributed by atoms with Gasteiger partial charge in [-0.25, -0.2) is 12.7 Å². The van der Waals surface area contributed by atoms with Gasteiger partial charge in [0.05, 0.1) is 5.75 Å². The van der Waals surface area contributed by atoms with Crippen LogP contribution in [0.3, 0.4) is 0 Å². The van der Waals surface area contributed by atoms with Gasteiger partial charge < -0.3 is 10.2 Å². The minimum Gasteiger partial charge on any atom is -0.340 e. The van der Waals surface area contributed by atoms with E-state index in [2.05, 4.69) is 12.2 Å². The van der Waals surface area contributed by atoms with Crippen LogP contribution < -0.4 is 5.32 Å². The van der Waals surface area contributed by atoms with E-state index in [9.17, 15) is 13.2 Å². The molecule has 0 bridgehead atoms. The number of nitrogens with zero attached hydrogens (tertiary/aromatic N) is 2. The van der Waals surface area contributed by atoms with Crippen LogP contribution in [0.25, 0.3) is 0 Å². The van der Waals surface area contributed by atoms with E-state index >= 15 is 0 Å². The molecule has 0 radical (unpaired) electrons. The zero-order chi connectivity index (χ0) is 15.3. The van der Waals surface area contributed by atoms with Crippen LogP contribution in [-0.2, 0) is 14.8 Å². The first-order valence-corrected chi connectivity index (χ1v) is 9.63. The summed E-state index contributed by atoms with van der Waals surface area (Å²) in [5.74, 6) is 0.333. The Hall–Kier alpha value is -0.660. The fourth-order valence-electron chi connectivity index (χ4n) is 3.18. The van der Waals surface area contributed by atoms with Crippen molar-refractivity contribution in [2.45, 2.75) is 45.1 Å². The number of amides is 1. The van der Waals surface area contributed by atoms with E-state index in [0.29, 0.717) is 32.0 Å². The van der Waals surface area contributed by atoms with Crippen molar-refractivity contribution in [3.05, 3.63) is 0 Å². The molecule has 2 fully saturated rings. The summed E-state index contributed by atoms with van der Waals surface area (Å²) in [5, 5.41) is 3.31. The molecule has 1 amide bonds. The van der Waals surface area contributed by atoms with Crippen LogP contribution in [0.5, 0.6) is 0 Å². The van der Waals surface area contributed by atoms with Gasteiger partial charge in [0, 0.05) is 32.1 Å². The van der Waals surface area contributed by atoms with Gasteiger partial charge in [0.1, 0.15) is 0 Å². The molecular formula is C14H27N3O3S. The normalized spacial score (nSPS) is 23.3. The molecule has 0 aliphatic carbocycles. The van der Waals surface area contributed by atoms with Gasteiger partial charge in [-0.2, -0.15) is 0 Å². The highest BCUT2D eigenvalue weighted by molar-refractivity contribution is 7.89. The summed E-state index contributed by atoms with van der Waals surface area (Å²) in [6, 6.07) is 0.314. The van der Waals surface area contributed by atoms with Gasteiger partial charge in [-0.1, -0.05) is 6.92 Å². The molecule has 21 heavy (non-hydrogen) atoms. The smallest absolute Gasteiger partial charge is 0.224 e. The monoisotopic (exact) mass is 317 g/mol. The maximum absolute atomic E-state index is 12.5. The molecule has 2 aliphatic rings. The van der Waals surface area contributed by atoms with Crippen LogP contribution in [0.2, 0.25) is 0 Å². The topological polar surface area (TPSA) is 69.7 Å². The Morgan fingerprint density at radius 1 is 1.33 bits per heavy atom. The highest BCUT2D eigenvalue weighted by Crippen LogP contribution is 2.17. The predicted molar refractivity (Wildman–Crippen MR) is 82.5 cm³/mol. The van der Waals surface area contributed by atoms with Gasteiger partial charge in [0.2, 0.25) is 15.9 Å². The number of hydrogen-bond donors (Lipinski definition) is 1. The Bertz CT molecular complexity index is 446. The molecule has 2 saturated heterocycles. The lowest BCUT2D eigenvalue weighted by molar-refractivity contribution is -0.134. The molecule has 0 unspecified atom stereocenters. The number of piperidine rings is 1. The molecule has 6 nitrogen and oxygen atoms in total. The lowest BCUT2D eigenvalue weighted by Crippen LogP contribution is -2.47. The van der Waals surface area contributed by atoms with Crippen LogP contribution >= 0.6 is 0 Å². The number of carbonyl (C=O) groups is 1. The first kappa shape index (κ1) is 16.7. The fourth-order valence-corrected chi connectivity index (χ4v) is 4.71. The Morgan fingerprint density at radius 3 is 2.62 bits per heavy atom. The maximum Gasteiger partial charge on any atom is 0.224 e. The maximum atomic E-state index is 12.5. The van der Waals surface area contributed by atoms with Gasteiger partial charge in [0.25, 0.3) is 0 Å². The number of hydrogen-bond acceptors (Lipinski definition) is 4. The van der Waals surface area contributed by atoms with Crippen molar-refractivity contribution >= 4 is 15.9 Å². The molecule has 2 heterocycles. The second-order valence-corrected chi connectivity index (χ2v) is 7.98. The van der Waals surface area contributed by atoms with Crippen molar-refractivity contribution in [3.8, 4) is 0 Å². The summed E-state index contributed by atoms with van der Waals surface area (Å²) in [6.45, 7) is 5.67. The minimum atomic E-state index is -3.09. The van der Waals surface area contributed by atoms with Gasteiger partial charge in [0.15, 0.2) is 0 Å². The van der Waals surface area contributed by atoms with Gasteiger partial charge in [-0.3, -0.25) is 4.79 Å². The Balaban J connectivity index is 1.89. The fraction of sp³-hybridized carbons (Fsp3) is 0.929. The van der Waals surface area contributed by atoms with Gasteiger partial charge in [-0.05, 0) is 38.8 Å². The largest absolute Gasteiger partial charge is 0.340 e. The minimum absolute atomic E-state index is 0.103. The van der Waals surface area contributed by atoms with Crippen molar-refractivity contribution in [3.63, 3.8) is 0 Å². The lowest BCUT2D eigenvalue weighted by atomic mass is 10.0. The molecule has 122 valence electrons. The predicted octanol–water partition coefficient (Wildman–Crippen LogP) is 0.403. The Labute approximate surface area is 127 Å². The molecule has 0 aromatic heterocycles. The zero-order valence-electron chi connectivity index (χ0n) is 12.9. The summed E-state index contributed by atoms with van der Waals surface area (Å²) < 4.78 is 25.0. The summed E-state index contributed by atoms with van der Waals surface area (Å²) in [5.41, 5.74) is 0. The first-order valence-electron chi connectivity index (χ1n) is 8.02. The average Bonchev–Trinajstić information content (AvgIpc) is 2.82. The molecular weight excluding hydrogens is 290 g/mol. The van der Waals surface area contributed by atoms with E-state index in [4.69, 9.17) is 0 Å². The molecule has 0 atom stereocenters. The Morgan fingerprint density at radius 2 is 2.05 bits per heavy atom. The van der Waals surface area contributed by atoms with E-state index in [1.54, 1.807) is 0 Å². The SMILES string of the molecule is CCCN(C(=O)CCN1CCCS1(=O)=O)C1CCNCC1. The molecule has 2 aliphatic heterocycles. The third kappa shape index (κ3) is 4.40. The first-order chi connectivity index (χ1) is 10.0. The number of carbonyl (C=O) groups excluding carboxylic acids is 1. The van der Waals surface area contributed by atoms with Gasteiger partial charge >= 0.3 is 0 Å². The highest BCUT2D eigenvalue weighted by atomic mass is 32.2. The van der Waals surface area contributed by atoms with Gasteiger partial charge in [-0.15, -0.1) is 0 Å². The summed E-state index contributed by atoms with van der Waals surface area (Å²) in [6.07, 6.45) is 3.92. The highest BCUT2D eigenvalue weighted by Gasteiger charge is 2.30.